The average Bonchev–Trinajstić information content (AvgIpc) is 1.69. The van der Waals surface area contributed by atoms with Gasteiger partial charge >= 0.3 is 88.7 Å². The molecule has 0 amide bonds. The Kier molecular flexibility index (Phi) is 52.2. The minimum Gasteiger partial charge on any atom is -1.00 e. The third-order valence-electron chi connectivity index (χ3n) is 0.642. The van der Waals surface area contributed by atoms with Crippen LogP contribution in [0.5, 0.6) is 0 Å². The van der Waals surface area contributed by atoms with Gasteiger partial charge in [-0.15, -0.1) is 0 Å². The minimum atomic E-state index is 0. The molecule has 0 saturated heterocycles. The van der Waals surface area contributed by atoms with Crippen molar-refractivity contribution in [2.45, 2.75) is 0 Å². The number of hydrogen-bond acceptors (Lipinski definition) is 3. The number of nitrogens with one attached hydrogen (secondary N) is 1. The Morgan fingerprint density at radius 2 is 1.20 bits per heavy atom. The van der Waals surface area contributed by atoms with Gasteiger partial charge in [-0.1, -0.05) is 0 Å². The van der Waals surface area contributed by atoms with E-state index in [4.69, 9.17) is 11.5 Å². The summed E-state index contributed by atoms with van der Waals surface area (Å²) in [6.45, 7) is 3.13. The third-order valence-corrected chi connectivity index (χ3v) is 0.642. The summed E-state index contributed by atoms with van der Waals surface area (Å²) in [5.74, 6) is 0. The van der Waals surface area contributed by atoms with Crippen LogP contribution in [-0.2, 0) is 0 Å². The van der Waals surface area contributed by atoms with Gasteiger partial charge in [0.25, 0.3) is 0 Å². The monoisotopic (exact) mass is 175 g/mol. The molecule has 0 unspecified atom stereocenters. The summed E-state index contributed by atoms with van der Waals surface area (Å²) in [6.07, 6.45) is 0. The van der Waals surface area contributed by atoms with E-state index in [0.717, 1.165) is 13.1 Å². The molecule has 3 nitrogen and oxygen atoms in total. The van der Waals surface area contributed by atoms with E-state index in [2.05, 4.69) is 5.32 Å². The van der Waals surface area contributed by atoms with E-state index in [1.165, 1.54) is 0 Å². The third kappa shape index (κ3) is 22.4. The maximum absolute atomic E-state index is 5.17. The fourth-order valence-electron chi connectivity index (χ4n) is 0.329. The second kappa shape index (κ2) is 22.6. The van der Waals surface area contributed by atoms with E-state index in [-0.39, 0.29) is 93.0 Å². The van der Waals surface area contributed by atoms with E-state index in [1.807, 2.05) is 0 Å². The summed E-state index contributed by atoms with van der Waals surface area (Å²) in [7, 11) is 0. The zero-order valence-electron chi connectivity index (χ0n) is 10.5. The molecule has 5 N–H and O–H groups in total. The van der Waals surface area contributed by atoms with Crippen LogP contribution in [-0.4, -0.2) is 26.2 Å². The summed E-state index contributed by atoms with van der Waals surface area (Å²) in [5.41, 5.74) is 10.3. The normalized spacial score (nSPS) is 6.60. The van der Waals surface area contributed by atoms with Crippen LogP contribution in [0.15, 0.2) is 0 Å². The first kappa shape index (κ1) is 23.1. The Morgan fingerprint density at radius 3 is 1.40 bits per heavy atom. The van der Waals surface area contributed by atoms with Crippen molar-refractivity contribution < 1.29 is 93.0 Å². The van der Waals surface area contributed by atoms with Gasteiger partial charge in [0, 0.05) is 26.2 Å². The van der Waals surface area contributed by atoms with Crippen molar-refractivity contribution >= 4 is 0 Å². The molecule has 0 aliphatic rings. The molecule has 0 radical (unpaired) electrons. The molecule has 0 heterocycles. The first-order chi connectivity index (χ1) is 3.41. The maximum atomic E-state index is 5.17. The van der Waals surface area contributed by atoms with Crippen LogP contribution in [0.4, 0.5) is 0 Å². The summed E-state index contributed by atoms with van der Waals surface area (Å²) in [5, 5.41) is 3.03. The van der Waals surface area contributed by atoms with E-state index < -0.39 is 0 Å². The predicted octanol–water partition coefficient (Wildman–Crippen LogP) is -10.2. The van der Waals surface area contributed by atoms with E-state index >= 15 is 0 Å². The first-order valence-electron chi connectivity index (χ1n) is 2.52. The van der Waals surface area contributed by atoms with Crippen molar-refractivity contribution in [2.24, 2.45) is 11.5 Å². The van der Waals surface area contributed by atoms with Crippen molar-refractivity contribution in [3.63, 3.8) is 0 Å². The smallest absolute Gasteiger partial charge is 1.00 e. The molecule has 0 aliphatic carbocycles. The number of rotatable bonds is 4. The van der Waals surface area contributed by atoms with Gasteiger partial charge in [0.15, 0.2) is 0 Å². The molecule has 10 heavy (non-hydrogen) atoms. The van der Waals surface area contributed by atoms with Crippen LogP contribution in [0.2, 0.25) is 0 Å². The van der Waals surface area contributed by atoms with Crippen LogP contribution in [0.25, 0.3) is 0 Å². The van der Waals surface area contributed by atoms with Gasteiger partial charge in [-0.2, -0.15) is 0 Å². The van der Waals surface area contributed by atoms with Gasteiger partial charge < -0.3 is 21.1 Å². The Balaban J connectivity index is -0.0000000120. The summed E-state index contributed by atoms with van der Waals surface area (Å²) in [6, 6.07) is 0. The molecule has 0 fully saturated rings. The molecule has 0 saturated carbocycles. The number of hydrogen-bond donors (Lipinski definition) is 3. The maximum Gasteiger partial charge on any atom is 1.00 e. The topological polar surface area (TPSA) is 64.1 Å². The molecule has 0 spiro atoms. The Labute approximate surface area is 134 Å². The molecule has 0 rings (SSSR count). The van der Waals surface area contributed by atoms with Crippen molar-refractivity contribution in [3.8, 4) is 0 Å². The summed E-state index contributed by atoms with van der Waals surface area (Å²) < 4.78 is 0. The molecule has 0 aliphatic heterocycles. The molecule has 0 aromatic carbocycles. The van der Waals surface area contributed by atoms with Crippen molar-refractivity contribution in [1.29, 1.82) is 0 Å². The van der Waals surface area contributed by atoms with Crippen LogP contribution in [0.1, 0.15) is 4.28 Å². The average molecular weight is 175 g/mol. The van der Waals surface area contributed by atoms with Gasteiger partial charge in [-0.25, -0.2) is 0 Å². The van der Waals surface area contributed by atoms with Gasteiger partial charge in [0.05, 0.1) is 0 Å². The molecule has 0 aromatic rings. The van der Waals surface area contributed by atoms with Crippen LogP contribution in [0.3, 0.4) is 0 Å². The Morgan fingerprint density at radius 1 is 0.900 bits per heavy atom. The Bertz CT molecular complexity index is 45.1. The molecular weight excluding hydrogens is 159 g/mol. The fourth-order valence-corrected chi connectivity index (χ4v) is 0.329. The Hall–Kier alpha value is 2.88. The predicted molar refractivity (Wildman–Crippen MR) is 34.3 cm³/mol. The first-order valence-corrected chi connectivity index (χ1v) is 2.52. The van der Waals surface area contributed by atoms with Gasteiger partial charge in [0.1, 0.15) is 0 Å². The molecule has 0 aromatic heterocycles. The summed E-state index contributed by atoms with van der Waals surface area (Å²) in [4.78, 5) is 0. The minimum absolute atomic E-state index is 0. The quantitative estimate of drug-likeness (QED) is 0.294. The van der Waals surface area contributed by atoms with Crippen molar-refractivity contribution in [1.82, 2.24) is 5.32 Å². The fraction of sp³-hybridized carbons (Fsp3) is 1.00. The second-order valence-corrected chi connectivity index (χ2v) is 1.33. The van der Waals surface area contributed by atoms with Gasteiger partial charge in [-0.3, -0.25) is 0 Å². The second-order valence-electron chi connectivity index (χ2n) is 1.33. The zero-order valence-corrected chi connectivity index (χ0v) is 13.5. The van der Waals surface area contributed by atoms with Gasteiger partial charge in [-0.05, 0) is 0 Å². The zero-order chi connectivity index (χ0) is 5.54. The van der Waals surface area contributed by atoms with Crippen LogP contribution >= 0.6 is 0 Å². The van der Waals surface area contributed by atoms with Crippen molar-refractivity contribution in [2.75, 3.05) is 26.2 Å². The number of nitrogens with two attached hydrogens (primary N) is 2. The van der Waals surface area contributed by atoms with Crippen LogP contribution < -0.4 is 105 Å². The van der Waals surface area contributed by atoms with E-state index in [0.29, 0.717) is 13.1 Å². The van der Waals surface area contributed by atoms with Gasteiger partial charge in [0.2, 0.25) is 0 Å². The van der Waals surface area contributed by atoms with E-state index in [1.54, 1.807) is 0 Å². The van der Waals surface area contributed by atoms with Crippen LogP contribution in [0, 0.1) is 0 Å². The standard InChI is InChI=1S/C4H13N3.3Na.3H/c5-1-3-7-4-2-6;;;;;;/h7H,1-6H2;;;;;;/q;3*+1;3*-1. The molecular formula is C4H16N3Na3. The van der Waals surface area contributed by atoms with E-state index in [9.17, 15) is 0 Å². The largest absolute Gasteiger partial charge is 1.00 e. The summed E-state index contributed by atoms with van der Waals surface area (Å²) >= 11 is 0. The molecule has 50 valence electrons. The van der Waals surface area contributed by atoms with Crippen molar-refractivity contribution in [3.05, 3.63) is 0 Å². The molecule has 6 heteroatoms. The molecule has 0 bridgehead atoms. The molecule has 0 atom stereocenters. The SMILES string of the molecule is NCCNCCN.[H-].[H-].[H-].[Na+].[Na+].[Na+].